The Bertz CT molecular complexity index is 2940. The van der Waals surface area contributed by atoms with E-state index in [-0.39, 0.29) is 0 Å². The quantitative estimate of drug-likeness (QED) is 0.160. The highest BCUT2D eigenvalue weighted by molar-refractivity contribution is 7.25. The van der Waals surface area contributed by atoms with Gasteiger partial charge in [0.1, 0.15) is 0 Å². The van der Waals surface area contributed by atoms with Crippen LogP contribution in [0.1, 0.15) is 0 Å². The number of hydrogen-bond donors (Lipinski definition) is 0. The van der Waals surface area contributed by atoms with Gasteiger partial charge in [-0.1, -0.05) is 170 Å². The molecule has 10 rings (SSSR count). The molecule has 2 heteroatoms. The minimum absolute atomic E-state index is 1.10. The first kappa shape index (κ1) is 32.0. The van der Waals surface area contributed by atoms with Crippen LogP contribution in [-0.2, 0) is 0 Å². The summed E-state index contributed by atoms with van der Waals surface area (Å²) < 4.78 is 2.59. The first-order chi connectivity index (χ1) is 26.8. The van der Waals surface area contributed by atoms with Gasteiger partial charge in [0.15, 0.2) is 0 Å². The second-order valence-corrected chi connectivity index (χ2v) is 14.8. The Balaban J connectivity index is 1.28. The van der Waals surface area contributed by atoms with Crippen molar-refractivity contribution in [3.63, 3.8) is 0 Å². The highest BCUT2D eigenvalue weighted by atomic mass is 32.1. The highest BCUT2D eigenvalue weighted by Gasteiger charge is 2.23. The van der Waals surface area contributed by atoms with Crippen molar-refractivity contribution in [1.82, 2.24) is 0 Å². The summed E-state index contributed by atoms with van der Waals surface area (Å²) in [5.74, 6) is 0. The predicted molar refractivity (Wildman–Crippen MR) is 233 cm³/mol. The molecular weight excluding hydrogens is 671 g/mol. The summed E-state index contributed by atoms with van der Waals surface area (Å²) >= 11 is 1.86. The Morgan fingerprint density at radius 2 is 0.870 bits per heavy atom. The van der Waals surface area contributed by atoms with Crippen molar-refractivity contribution in [1.29, 1.82) is 0 Å². The smallest absolute Gasteiger partial charge is 0.0546 e. The van der Waals surface area contributed by atoms with Gasteiger partial charge in [-0.15, -0.1) is 11.3 Å². The molecule has 54 heavy (non-hydrogen) atoms. The molecule has 0 fully saturated rings. The average molecular weight is 706 g/mol. The third-order valence-electron chi connectivity index (χ3n) is 10.5. The molecule has 0 amide bonds. The maximum absolute atomic E-state index is 2.48. The molecular formula is C52H35NS. The van der Waals surface area contributed by atoms with Gasteiger partial charge in [0.2, 0.25) is 0 Å². The van der Waals surface area contributed by atoms with E-state index in [0.29, 0.717) is 0 Å². The number of fused-ring (bicyclic) bond motifs is 4. The van der Waals surface area contributed by atoms with Crippen LogP contribution in [0.3, 0.4) is 0 Å². The van der Waals surface area contributed by atoms with E-state index in [4.69, 9.17) is 0 Å². The van der Waals surface area contributed by atoms with E-state index in [1.54, 1.807) is 0 Å². The van der Waals surface area contributed by atoms with E-state index in [0.717, 1.165) is 17.1 Å². The first-order valence-electron chi connectivity index (χ1n) is 18.4. The molecule has 1 aromatic heterocycles. The van der Waals surface area contributed by atoms with Crippen LogP contribution in [0.25, 0.3) is 75.5 Å². The monoisotopic (exact) mass is 705 g/mol. The fourth-order valence-corrected chi connectivity index (χ4v) is 9.09. The minimum Gasteiger partial charge on any atom is -0.310 e. The molecule has 0 saturated heterocycles. The molecule has 0 saturated carbocycles. The lowest BCUT2D eigenvalue weighted by atomic mass is 9.87. The van der Waals surface area contributed by atoms with Gasteiger partial charge in [0.25, 0.3) is 0 Å². The molecule has 0 radical (unpaired) electrons. The van der Waals surface area contributed by atoms with Crippen molar-refractivity contribution in [3.05, 3.63) is 212 Å². The highest BCUT2D eigenvalue weighted by Crippen LogP contribution is 2.49. The summed E-state index contributed by atoms with van der Waals surface area (Å²) in [4.78, 5) is 2.48. The molecule has 254 valence electrons. The van der Waals surface area contributed by atoms with E-state index < -0.39 is 0 Å². The van der Waals surface area contributed by atoms with Crippen LogP contribution < -0.4 is 4.90 Å². The molecule has 0 aliphatic carbocycles. The summed E-state index contributed by atoms with van der Waals surface area (Å²) in [7, 11) is 0. The molecule has 1 nitrogen and oxygen atoms in total. The van der Waals surface area contributed by atoms with Gasteiger partial charge < -0.3 is 4.90 Å². The average Bonchev–Trinajstić information content (AvgIpc) is 3.62. The van der Waals surface area contributed by atoms with Gasteiger partial charge in [-0.25, -0.2) is 0 Å². The summed E-state index contributed by atoms with van der Waals surface area (Å²) in [6, 6.07) is 77.3. The fourth-order valence-electron chi connectivity index (χ4n) is 8.01. The van der Waals surface area contributed by atoms with Gasteiger partial charge >= 0.3 is 0 Å². The first-order valence-corrected chi connectivity index (χ1v) is 19.2. The molecule has 10 aromatic rings. The van der Waals surface area contributed by atoms with Crippen molar-refractivity contribution < 1.29 is 0 Å². The number of rotatable bonds is 7. The SMILES string of the molecule is c1ccc(-c2ccccc2-c2c(-c3ccccc3)cccc2N(c2cccc(-c3cccc4ccccc34)c2)c2ccc3sc4ccccc4c3c2)cc1. The van der Waals surface area contributed by atoms with E-state index in [2.05, 4.69) is 217 Å². The molecule has 0 N–H and O–H groups in total. The summed E-state index contributed by atoms with van der Waals surface area (Å²) in [5, 5.41) is 5.05. The van der Waals surface area contributed by atoms with E-state index in [9.17, 15) is 0 Å². The summed E-state index contributed by atoms with van der Waals surface area (Å²) in [6.07, 6.45) is 0. The van der Waals surface area contributed by atoms with Gasteiger partial charge in [-0.05, 0) is 92.2 Å². The van der Waals surface area contributed by atoms with Crippen molar-refractivity contribution in [2.75, 3.05) is 4.90 Å². The molecule has 0 atom stereocenters. The molecule has 1 heterocycles. The van der Waals surface area contributed by atoms with Crippen LogP contribution in [0, 0.1) is 0 Å². The number of thiophene rings is 1. The van der Waals surface area contributed by atoms with Crippen molar-refractivity contribution in [3.8, 4) is 44.5 Å². The van der Waals surface area contributed by atoms with Crippen LogP contribution >= 0.6 is 11.3 Å². The van der Waals surface area contributed by atoms with Crippen molar-refractivity contribution in [2.45, 2.75) is 0 Å². The lowest BCUT2D eigenvalue weighted by Crippen LogP contribution is -2.12. The van der Waals surface area contributed by atoms with Gasteiger partial charge in [-0.2, -0.15) is 0 Å². The maximum atomic E-state index is 2.48. The zero-order valence-electron chi connectivity index (χ0n) is 29.6. The number of nitrogens with zero attached hydrogens (tertiary/aromatic N) is 1. The summed E-state index contributed by atoms with van der Waals surface area (Å²) in [6.45, 7) is 0. The lowest BCUT2D eigenvalue weighted by molar-refractivity contribution is 1.29. The molecule has 0 unspecified atom stereocenters. The second kappa shape index (κ2) is 13.7. The van der Waals surface area contributed by atoms with Gasteiger partial charge in [-0.3, -0.25) is 0 Å². The number of hydrogen-bond acceptors (Lipinski definition) is 2. The van der Waals surface area contributed by atoms with Crippen LogP contribution in [0.2, 0.25) is 0 Å². The van der Waals surface area contributed by atoms with Crippen molar-refractivity contribution >= 4 is 59.3 Å². The van der Waals surface area contributed by atoms with Gasteiger partial charge in [0.05, 0.1) is 5.69 Å². The Morgan fingerprint density at radius 3 is 1.70 bits per heavy atom. The zero-order valence-corrected chi connectivity index (χ0v) is 30.4. The Morgan fingerprint density at radius 1 is 0.315 bits per heavy atom. The van der Waals surface area contributed by atoms with E-state index >= 15 is 0 Å². The Kier molecular flexibility index (Phi) is 8.09. The largest absolute Gasteiger partial charge is 0.310 e. The molecule has 9 aromatic carbocycles. The van der Waals surface area contributed by atoms with Crippen LogP contribution in [-0.4, -0.2) is 0 Å². The van der Waals surface area contributed by atoms with E-state index in [1.165, 1.54) is 75.5 Å². The maximum Gasteiger partial charge on any atom is 0.0546 e. The fraction of sp³-hybridized carbons (Fsp3) is 0. The molecule has 0 aliphatic rings. The van der Waals surface area contributed by atoms with Crippen molar-refractivity contribution in [2.24, 2.45) is 0 Å². The van der Waals surface area contributed by atoms with E-state index in [1.807, 2.05) is 11.3 Å². The third-order valence-corrected chi connectivity index (χ3v) is 11.6. The third kappa shape index (κ3) is 5.65. The molecule has 0 aliphatic heterocycles. The Hall–Kier alpha value is -6.74. The molecule has 0 spiro atoms. The zero-order chi connectivity index (χ0) is 35.8. The Labute approximate surface area is 319 Å². The lowest BCUT2D eigenvalue weighted by Gasteiger charge is -2.30. The normalized spacial score (nSPS) is 11.3. The molecule has 0 bridgehead atoms. The van der Waals surface area contributed by atoms with Gasteiger partial charge in [0, 0.05) is 37.1 Å². The van der Waals surface area contributed by atoms with Crippen LogP contribution in [0.15, 0.2) is 212 Å². The standard InChI is InChI=1S/C52H35NS/c1-3-16-36(17-4-1)43-25-9-10-27-47(43)52-45(38-18-5-2-6-19-38)29-15-30-49(52)53(41-32-33-51-48(35-41)46-26-11-12-31-50(46)54-51)40-23-13-22-39(34-40)44-28-14-21-37-20-7-8-24-42(37)44/h1-35H. The van der Waals surface area contributed by atoms with Crippen LogP contribution in [0.4, 0.5) is 17.1 Å². The predicted octanol–water partition coefficient (Wildman–Crippen LogP) is 15.3. The second-order valence-electron chi connectivity index (χ2n) is 13.7. The topological polar surface area (TPSA) is 3.24 Å². The number of benzene rings is 9. The van der Waals surface area contributed by atoms with Crippen LogP contribution in [0.5, 0.6) is 0 Å². The number of anilines is 3. The minimum atomic E-state index is 1.10. The summed E-state index contributed by atoms with van der Waals surface area (Å²) in [5.41, 5.74) is 12.9.